The molecule has 2 aromatic rings. The minimum Gasteiger partial charge on any atom is -0.314 e. The normalized spacial score (nSPS) is 22.8. The Hall–Kier alpha value is -1.41. The van der Waals surface area contributed by atoms with Crippen LogP contribution in [0, 0.1) is 11.6 Å². The number of hydrogen-bond acceptors (Lipinski definition) is 5. The highest BCUT2D eigenvalue weighted by atomic mass is 32.2. The maximum absolute atomic E-state index is 14.0. The third-order valence-electron chi connectivity index (χ3n) is 5.07. The first-order valence-corrected chi connectivity index (χ1v) is 11.5. The van der Waals surface area contributed by atoms with Gasteiger partial charge in [-0.25, -0.2) is 8.78 Å². The van der Waals surface area contributed by atoms with E-state index in [9.17, 15) is 13.6 Å². The third kappa shape index (κ3) is 4.27. The quantitative estimate of drug-likeness (QED) is 0.733. The number of nitrogens with one attached hydrogen (secondary N) is 2. The van der Waals surface area contributed by atoms with Gasteiger partial charge in [0.1, 0.15) is 11.6 Å². The van der Waals surface area contributed by atoms with Crippen LogP contribution in [0.4, 0.5) is 8.78 Å². The molecule has 3 nitrogen and oxygen atoms in total. The minimum absolute atomic E-state index is 0.0259. The summed E-state index contributed by atoms with van der Waals surface area (Å²) in [7, 11) is 0. The molecule has 0 aliphatic carbocycles. The minimum atomic E-state index is -0.343. The highest BCUT2D eigenvalue weighted by Crippen LogP contribution is 2.37. The number of thioether (sulfide) groups is 2. The van der Waals surface area contributed by atoms with Gasteiger partial charge >= 0.3 is 0 Å². The zero-order valence-electron chi connectivity index (χ0n) is 15.3. The SMILES string of the molecule is O=C(c1ccc(F)cc1C1CNCCS1)c1ccc(F)cc1C1CNCCS1. The topological polar surface area (TPSA) is 41.1 Å². The summed E-state index contributed by atoms with van der Waals surface area (Å²) >= 11 is 3.46. The molecule has 0 spiro atoms. The van der Waals surface area contributed by atoms with Crippen LogP contribution in [0.15, 0.2) is 36.4 Å². The van der Waals surface area contributed by atoms with Crippen molar-refractivity contribution in [2.75, 3.05) is 37.7 Å². The number of halogens is 2. The van der Waals surface area contributed by atoms with Gasteiger partial charge in [0, 0.05) is 59.3 Å². The van der Waals surface area contributed by atoms with E-state index in [1.165, 1.54) is 24.3 Å². The van der Waals surface area contributed by atoms with Crippen LogP contribution in [0.25, 0.3) is 0 Å². The molecule has 0 amide bonds. The van der Waals surface area contributed by atoms with Crippen molar-refractivity contribution in [1.82, 2.24) is 10.6 Å². The Balaban J connectivity index is 1.74. The largest absolute Gasteiger partial charge is 0.314 e. The van der Waals surface area contributed by atoms with Crippen LogP contribution < -0.4 is 10.6 Å². The van der Waals surface area contributed by atoms with Crippen LogP contribution >= 0.6 is 23.5 Å². The van der Waals surface area contributed by atoms with Crippen LogP contribution in [0.2, 0.25) is 0 Å². The van der Waals surface area contributed by atoms with E-state index in [4.69, 9.17) is 0 Å². The van der Waals surface area contributed by atoms with E-state index in [0.29, 0.717) is 35.3 Å². The van der Waals surface area contributed by atoms with Gasteiger partial charge in [-0.1, -0.05) is 0 Å². The summed E-state index contributed by atoms with van der Waals surface area (Å²) in [6, 6.07) is 8.74. The second-order valence-electron chi connectivity index (χ2n) is 6.92. The van der Waals surface area contributed by atoms with Crippen LogP contribution in [-0.4, -0.2) is 43.5 Å². The van der Waals surface area contributed by atoms with Gasteiger partial charge < -0.3 is 10.6 Å². The summed E-state index contributed by atoms with van der Waals surface area (Å²) in [6.07, 6.45) is 0. The van der Waals surface area contributed by atoms with Crippen molar-refractivity contribution in [3.8, 4) is 0 Å². The van der Waals surface area contributed by atoms with Crippen molar-refractivity contribution in [3.05, 3.63) is 70.3 Å². The Morgan fingerprint density at radius 2 is 1.29 bits per heavy atom. The molecule has 2 aliphatic heterocycles. The number of ketones is 1. The van der Waals surface area contributed by atoms with E-state index in [-0.39, 0.29) is 27.9 Å². The van der Waals surface area contributed by atoms with Gasteiger partial charge in [0.2, 0.25) is 0 Å². The van der Waals surface area contributed by atoms with Gasteiger partial charge in [-0.15, -0.1) is 0 Å². The maximum atomic E-state index is 14.0. The van der Waals surface area contributed by atoms with Crippen molar-refractivity contribution in [2.24, 2.45) is 0 Å². The average molecular weight is 421 g/mol. The molecular weight excluding hydrogens is 398 g/mol. The van der Waals surface area contributed by atoms with E-state index in [1.807, 2.05) is 0 Å². The van der Waals surface area contributed by atoms with Crippen LogP contribution in [0.5, 0.6) is 0 Å². The second-order valence-corrected chi connectivity index (χ2v) is 9.54. The molecule has 0 saturated carbocycles. The van der Waals surface area contributed by atoms with E-state index in [0.717, 1.165) is 24.6 Å². The van der Waals surface area contributed by atoms with E-state index >= 15 is 0 Å². The second kappa shape index (κ2) is 8.95. The fourth-order valence-corrected chi connectivity index (χ4v) is 6.00. The molecular formula is C21H22F2N2OS2. The molecule has 2 aliphatic rings. The van der Waals surface area contributed by atoms with Crippen LogP contribution in [-0.2, 0) is 0 Å². The average Bonchev–Trinajstić information content (AvgIpc) is 2.74. The summed E-state index contributed by atoms with van der Waals surface area (Å²) < 4.78 is 28.0. The van der Waals surface area contributed by atoms with Gasteiger partial charge in [0.15, 0.2) is 5.78 Å². The third-order valence-corrected chi connectivity index (χ3v) is 7.59. The molecule has 2 N–H and O–H groups in total. The number of benzene rings is 2. The lowest BCUT2D eigenvalue weighted by Crippen LogP contribution is -2.30. The molecule has 2 atom stereocenters. The van der Waals surface area contributed by atoms with Crippen molar-refractivity contribution in [3.63, 3.8) is 0 Å². The van der Waals surface area contributed by atoms with Gasteiger partial charge in [0.25, 0.3) is 0 Å². The lowest BCUT2D eigenvalue weighted by Gasteiger charge is -2.26. The number of rotatable bonds is 4. The lowest BCUT2D eigenvalue weighted by molar-refractivity contribution is 0.103. The summed E-state index contributed by atoms with van der Waals surface area (Å²) in [5, 5.41) is 6.68. The van der Waals surface area contributed by atoms with Crippen molar-refractivity contribution < 1.29 is 13.6 Å². The predicted molar refractivity (Wildman–Crippen MR) is 112 cm³/mol. The van der Waals surface area contributed by atoms with Crippen LogP contribution in [0.1, 0.15) is 37.5 Å². The Morgan fingerprint density at radius 1 is 0.821 bits per heavy atom. The van der Waals surface area contributed by atoms with Crippen molar-refractivity contribution in [2.45, 2.75) is 10.5 Å². The van der Waals surface area contributed by atoms with E-state index < -0.39 is 0 Å². The predicted octanol–water partition coefficient (Wildman–Crippen LogP) is 3.95. The highest BCUT2D eigenvalue weighted by molar-refractivity contribution is 7.99. The number of carbonyl (C=O) groups excluding carboxylic acids is 1. The van der Waals surface area contributed by atoms with Gasteiger partial charge in [-0.3, -0.25) is 4.79 Å². The molecule has 2 heterocycles. The molecule has 2 saturated heterocycles. The molecule has 2 fully saturated rings. The summed E-state index contributed by atoms with van der Waals surface area (Å²) in [6.45, 7) is 3.22. The molecule has 2 aromatic carbocycles. The summed E-state index contributed by atoms with van der Waals surface area (Å²) in [4.78, 5) is 13.5. The summed E-state index contributed by atoms with van der Waals surface area (Å²) in [5.74, 6) is 0.984. The number of hydrogen-bond donors (Lipinski definition) is 2. The fraction of sp³-hybridized carbons (Fsp3) is 0.381. The standard InChI is InChI=1S/C21H22F2N2OS2/c22-13-1-3-15(17(9-13)19-11-24-5-7-27-19)21(26)16-4-2-14(23)10-18(16)20-12-25-6-8-28-20/h1-4,9-10,19-20,24-25H,5-8,11-12H2. The Kier molecular flexibility index (Phi) is 6.35. The number of carbonyl (C=O) groups is 1. The molecule has 0 bridgehead atoms. The van der Waals surface area contributed by atoms with E-state index in [2.05, 4.69) is 10.6 Å². The van der Waals surface area contributed by atoms with Gasteiger partial charge in [-0.2, -0.15) is 23.5 Å². The van der Waals surface area contributed by atoms with E-state index in [1.54, 1.807) is 35.7 Å². The molecule has 0 radical (unpaired) electrons. The zero-order chi connectivity index (χ0) is 19.5. The highest BCUT2D eigenvalue weighted by Gasteiger charge is 2.27. The molecule has 7 heteroatoms. The lowest BCUT2D eigenvalue weighted by atomic mass is 9.92. The Bertz CT molecular complexity index is 796. The summed E-state index contributed by atoms with van der Waals surface area (Å²) in [5.41, 5.74) is 2.44. The molecule has 148 valence electrons. The monoisotopic (exact) mass is 420 g/mol. The Labute approximate surface area is 172 Å². The molecule has 4 rings (SSSR count). The Morgan fingerprint density at radius 3 is 1.68 bits per heavy atom. The van der Waals surface area contributed by atoms with Crippen molar-refractivity contribution in [1.29, 1.82) is 0 Å². The van der Waals surface area contributed by atoms with Crippen molar-refractivity contribution >= 4 is 29.3 Å². The first kappa shape index (κ1) is 19.9. The first-order valence-electron chi connectivity index (χ1n) is 9.41. The zero-order valence-corrected chi connectivity index (χ0v) is 17.0. The van der Waals surface area contributed by atoms with Gasteiger partial charge in [-0.05, 0) is 47.5 Å². The molecule has 2 unspecified atom stereocenters. The van der Waals surface area contributed by atoms with Gasteiger partial charge in [0.05, 0.1) is 0 Å². The first-order chi connectivity index (χ1) is 13.6. The fourth-order valence-electron chi connectivity index (χ4n) is 3.69. The molecule has 0 aromatic heterocycles. The van der Waals surface area contributed by atoms with Crippen LogP contribution in [0.3, 0.4) is 0 Å². The maximum Gasteiger partial charge on any atom is 0.193 e. The molecule has 28 heavy (non-hydrogen) atoms. The smallest absolute Gasteiger partial charge is 0.193 e.